The first-order valence-corrected chi connectivity index (χ1v) is 9.08. The van der Waals surface area contributed by atoms with Crippen LogP contribution in [0.4, 0.5) is 0 Å². The van der Waals surface area contributed by atoms with Crippen molar-refractivity contribution in [2.75, 3.05) is 39.4 Å². The van der Waals surface area contributed by atoms with Crippen LogP contribution in [-0.4, -0.2) is 44.5 Å². The van der Waals surface area contributed by atoms with Crippen LogP contribution in [0.3, 0.4) is 0 Å². The molecule has 1 aliphatic rings. The Morgan fingerprint density at radius 3 is 2.75 bits per heavy atom. The van der Waals surface area contributed by atoms with Crippen molar-refractivity contribution in [2.45, 2.75) is 13.0 Å². The van der Waals surface area contributed by atoms with Gasteiger partial charge in [-0.15, -0.1) is 0 Å². The van der Waals surface area contributed by atoms with Crippen LogP contribution in [0.25, 0.3) is 10.8 Å². The predicted molar refractivity (Wildman–Crippen MR) is 102 cm³/mol. The molecule has 128 valence electrons. The minimum atomic E-state index is 0.173. The van der Waals surface area contributed by atoms with Gasteiger partial charge in [-0.25, -0.2) is 0 Å². The number of ether oxygens (including phenoxy) is 1. The molecule has 5 heteroatoms. The van der Waals surface area contributed by atoms with Crippen molar-refractivity contribution in [2.24, 2.45) is 0 Å². The Labute approximate surface area is 149 Å². The highest BCUT2D eigenvalue weighted by Crippen LogP contribution is 2.23. The molecule has 0 radical (unpaired) electrons. The van der Waals surface area contributed by atoms with Crippen molar-refractivity contribution in [1.29, 1.82) is 0 Å². The van der Waals surface area contributed by atoms with E-state index in [1.165, 1.54) is 16.3 Å². The number of fused-ring (bicyclic) bond motifs is 1. The quantitative estimate of drug-likeness (QED) is 0.715. The van der Waals surface area contributed by atoms with E-state index in [1.807, 2.05) is 0 Å². The normalized spacial score (nSPS) is 16.7. The number of quaternary nitrogens is 1. The van der Waals surface area contributed by atoms with Gasteiger partial charge in [-0.2, -0.15) is 0 Å². The average molecular weight is 345 g/mol. The van der Waals surface area contributed by atoms with Crippen LogP contribution < -0.4 is 15.5 Å². The average Bonchev–Trinajstić information content (AvgIpc) is 2.62. The summed E-state index contributed by atoms with van der Waals surface area (Å²) in [4.78, 5) is 1.58. The Kier molecular flexibility index (Phi) is 6.01. The molecule has 24 heavy (non-hydrogen) atoms. The lowest BCUT2D eigenvalue weighted by atomic mass is 10.00. The summed E-state index contributed by atoms with van der Waals surface area (Å²) < 4.78 is 5.38. The number of nitrogens with one attached hydrogen (secondary N) is 3. The van der Waals surface area contributed by atoms with Crippen LogP contribution in [0.1, 0.15) is 18.5 Å². The first kappa shape index (κ1) is 17.1. The molecule has 2 aromatic rings. The number of thiocarbonyl (C=S) groups is 1. The molecule has 0 amide bonds. The third kappa shape index (κ3) is 4.44. The largest absolute Gasteiger partial charge is 0.370 e. The molecule has 3 N–H and O–H groups in total. The van der Waals surface area contributed by atoms with E-state index >= 15 is 0 Å². The second kappa shape index (κ2) is 8.42. The van der Waals surface area contributed by atoms with Gasteiger partial charge in [-0.05, 0) is 35.5 Å². The van der Waals surface area contributed by atoms with Gasteiger partial charge in [0.25, 0.3) is 0 Å². The fourth-order valence-electron chi connectivity index (χ4n) is 3.22. The van der Waals surface area contributed by atoms with Crippen molar-refractivity contribution in [1.82, 2.24) is 10.6 Å². The van der Waals surface area contributed by atoms with E-state index in [0.29, 0.717) is 0 Å². The summed E-state index contributed by atoms with van der Waals surface area (Å²) in [5.74, 6) is 0. The molecule has 0 unspecified atom stereocenters. The Morgan fingerprint density at radius 1 is 1.17 bits per heavy atom. The molecule has 1 atom stereocenters. The summed E-state index contributed by atoms with van der Waals surface area (Å²) in [6.07, 6.45) is 0. The summed E-state index contributed by atoms with van der Waals surface area (Å²) in [7, 11) is 0. The van der Waals surface area contributed by atoms with Crippen LogP contribution in [-0.2, 0) is 4.74 Å². The number of morpholine rings is 1. The summed E-state index contributed by atoms with van der Waals surface area (Å²) >= 11 is 5.46. The highest BCUT2D eigenvalue weighted by molar-refractivity contribution is 7.80. The van der Waals surface area contributed by atoms with Gasteiger partial charge in [0.05, 0.1) is 32.3 Å². The zero-order chi connectivity index (χ0) is 16.8. The number of hydrogen-bond donors (Lipinski definition) is 3. The molecule has 4 nitrogen and oxygen atoms in total. The molecule has 3 rings (SSSR count). The van der Waals surface area contributed by atoms with Crippen molar-refractivity contribution in [3.05, 3.63) is 48.0 Å². The molecule has 1 heterocycles. The maximum Gasteiger partial charge on any atom is 0.166 e. The predicted octanol–water partition coefficient (Wildman–Crippen LogP) is 1.28. The zero-order valence-electron chi connectivity index (χ0n) is 14.2. The minimum absolute atomic E-state index is 0.173. The Hall–Kier alpha value is -1.69. The molecule has 0 bridgehead atoms. The van der Waals surface area contributed by atoms with Crippen LogP contribution in [0.5, 0.6) is 0 Å². The second-order valence-corrected chi connectivity index (χ2v) is 6.71. The molecule has 0 aliphatic carbocycles. The van der Waals surface area contributed by atoms with Crippen LogP contribution in [0.2, 0.25) is 0 Å². The number of benzene rings is 2. The van der Waals surface area contributed by atoms with E-state index < -0.39 is 0 Å². The van der Waals surface area contributed by atoms with E-state index in [2.05, 4.69) is 60.0 Å². The smallest absolute Gasteiger partial charge is 0.166 e. The Bertz CT molecular complexity index is 680. The van der Waals surface area contributed by atoms with Crippen molar-refractivity contribution < 1.29 is 9.64 Å². The minimum Gasteiger partial charge on any atom is -0.370 e. The van der Waals surface area contributed by atoms with Crippen LogP contribution in [0.15, 0.2) is 42.5 Å². The first-order valence-electron chi connectivity index (χ1n) is 8.67. The van der Waals surface area contributed by atoms with Gasteiger partial charge in [0, 0.05) is 0 Å². The topological polar surface area (TPSA) is 37.7 Å². The maximum atomic E-state index is 5.46. The van der Waals surface area contributed by atoms with E-state index in [-0.39, 0.29) is 6.04 Å². The fourth-order valence-corrected chi connectivity index (χ4v) is 3.50. The number of rotatable bonds is 5. The standard InChI is InChI=1S/C19H25N3OS/c1-15(17-8-4-6-16-5-2-3-7-18(16)17)21-19(24)20-9-10-22-11-13-23-14-12-22/h2-8,15H,9-14H2,1H3,(H2,20,21,24)/p+1/t15-/m0/s1. The van der Waals surface area contributed by atoms with Gasteiger partial charge in [0.1, 0.15) is 13.1 Å². The van der Waals surface area contributed by atoms with Gasteiger partial charge in [0.15, 0.2) is 5.11 Å². The van der Waals surface area contributed by atoms with Crippen LogP contribution in [0, 0.1) is 0 Å². The monoisotopic (exact) mass is 344 g/mol. The van der Waals surface area contributed by atoms with E-state index in [9.17, 15) is 0 Å². The molecular weight excluding hydrogens is 318 g/mol. The van der Waals surface area contributed by atoms with Gasteiger partial charge in [0.2, 0.25) is 0 Å². The van der Waals surface area contributed by atoms with Gasteiger partial charge >= 0.3 is 0 Å². The van der Waals surface area contributed by atoms with E-state index in [4.69, 9.17) is 17.0 Å². The summed E-state index contributed by atoms with van der Waals surface area (Å²) in [6, 6.07) is 15.1. The van der Waals surface area contributed by atoms with Crippen LogP contribution >= 0.6 is 12.2 Å². The lowest BCUT2D eigenvalue weighted by molar-refractivity contribution is -0.906. The van der Waals surface area contributed by atoms with Crippen molar-refractivity contribution in [3.63, 3.8) is 0 Å². The molecular formula is C19H26N3OS+. The van der Waals surface area contributed by atoms with Crippen molar-refractivity contribution >= 4 is 28.1 Å². The molecule has 1 aliphatic heterocycles. The highest BCUT2D eigenvalue weighted by Gasteiger charge is 2.14. The fraction of sp³-hybridized carbons (Fsp3) is 0.421. The first-order chi connectivity index (χ1) is 11.7. The second-order valence-electron chi connectivity index (χ2n) is 6.30. The lowest BCUT2D eigenvalue weighted by Gasteiger charge is -2.24. The molecule has 0 saturated carbocycles. The third-order valence-electron chi connectivity index (χ3n) is 4.60. The summed E-state index contributed by atoms with van der Waals surface area (Å²) in [5, 5.41) is 10.0. The molecule has 2 aromatic carbocycles. The van der Waals surface area contributed by atoms with Gasteiger partial charge in [-0.3, -0.25) is 0 Å². The van der Waals surface area contributed by atoms with E-state index in [1.54, 1.807) is 4.90 Å². The molecule has 1 saturated heterocycles. The Morgan fingerprint density at radius 2 is 1.92 bits per heavy atom. The summed E-state index contributed by atoms with van der Waals surface area (Å²) in [6.45, 7) is 8.05. The van der Waals surface area contributed by atoms with Gasteiger partial charge in [-0.1, -0.05) is 42.5 Å². The highest BCUT2D eigenvalue weighted by atomic mass is 32.1. The molecule has 1 fully saturated rings. The number of hydrogen-bond acceptors (Lipinski definition) is 2. The zero-order valence-corrected chi connectivity index (χ0v) is 15.0. The van der Waals surface area contributed by atoms with Crippen molar-refractivity contribution in [3.8, 4) is 0 Å². The third-order valence-corrected chi connectivity index (χ3v) is 4.86. The van der Waals surface area contributed by atoms with E-state index in [0.717, 1.165) is 44.5 Å². The lowest BCUT2D eigenvalue weighted by Crippen LogP contribution is -3.14. The molecule has 0 aromatic heterocycles. The maximum absolute atomic E-state index is 5.46. The molecule has 0 spiro atoms. The van der Waals surface area contributed by atoms with Gasteiger partial charge < -0.3 is 20.3 Å². The Balaban J connectivity index is 1.52. The summed E-state index contributed by atoms with van der Waals surface area (Å²) in [5.41, 5.74) is 1.27. The SMILES string of the molecule is C[C@H](NC(=S)NCC[NH+]1CCOCC1)c1cccc2ccccc12.